The molecule has 1 saturated heterocycles. The quantitative estimate of drug-likeness (QED) is 0.849. The Balaban J connectivity index is 1.93. The van der Waals surface area contributed by atoms with Crippen LogP contribution in [0, 0.1) is 0 Å². The molecule has 1 fully saturated rings. The second-order valence-corrected chi connectivity index (χ2v) is 8.52. The lowest BCUT2D eigenvalue weighted by atomic mass is 10.0. The number of sulfone groups is 1. The number of nitrogens with zero attached hydrogens (tertiary/aromatic N) is 2. The highest BCUT2D eigenvalue weighted by Gasteiger charge is 2.39. The first kappa shape index (κ1) is 16.9. The first-order chi connectivity index (χ1) is 9.96. The van der Waals surface area contributed by atoms with Crippen molar-refractivity contribution >= 4 is 32.3 Å². The number of carbonyl (C=O) groups excluding carboxylic acids is 1. The van der Waals surface area contributed by atoms with Crippen LogP contribution in [0.15, 0.2) is 0 Å². The van der Waals surface area contributed by atoms with Crippen LogP contribution in [0.5, 0.6) is 0 Å². The molecular weight excluding hydrogens is 345 g/mol. The average molecular weight is 358 g/mol. The molecule has 2 N–H and O–H groups in total. The molecule has 0 saturated carbocycles. The number of rotatable bonds is 3. The molecular formula is C10H13F3N4O3S2. The summed E-state index contributed by atoms with van der Waals surface area (Å²) in [5.41, 5.74) is -0.900. The lowest BCUT2D eigenvalue weighted by Gasteiger charge is -2.23. The van der Waals surface area contributed by atoms with E-state index in [4.69, 9.17) is 0 Å². The molecule has 1 atom stereocenters. The zero-order chi connectivity index (χ0) is 16.6. The fraction of sp³-hybridized carbons (Fsp3) is 0.700. The monoisotopic (exact) mass is 358 g/mol. The summed E-state index contributed by atoms with van der Waals surface area (Å²) in [6.45, 7) is 1.59. The third kappa shape index (κ3) is 4.80. The van der Waals surface area contributed by atoms with Gasteiger partial charge in [0, 0.05) is 0 Å². The van der Waals surface area contributed by atoms with Gasteiger partial charge < -0.3 is 5.32 Å². The van der Waals surface area contributed by atoms with E-state index >= 15 is 0 Å². The van der Waals surface area contributed by atoms with Crippen LogP contribution < -0.4 is 10.6 Å². The summed E-state index contributed by atoms with van der Waals surface area (Å²) in [6, 6.07) is -0.727. The Morgan fingerprint density at radius 3 is 2.64 bits per heavy atom. The van der Waals surface area contributed by atoms with E-state index in [9.17, 15) is 26.4 Å². The molecule has 22 heavy (non-hydrogen) atoms. The summed E-state index contributed by atoms with van der Waals surface area (Å²) in [5.74, 6) is -0.193. The van der Waals surface area contributed by atoms with Crippen molar-refractivity contribution in [1.29, 1.82) is 0 Å². The minimum absolute atomic E-state index is 0.0156. The topological polar surface area (TPSA) is 101 Å². The molecule has 1 aliphatic rings. The van der Waals surface area contributed by atoms with Crippen LogP contribution in [-0.2, 0) is 16.3 Å². The van der Waals surface area contributed by atoms with Gasteiger partial charge in [0.2, 0.25) is 5.13 Å². The highest BCUT2D eigenvalue weighted by atomic mass is 32.2. The van der Waals surface area contributed by atoms with E-state index in [0.29, 0.717) is 11.3 Å². The van der Waals surface area contributed by atoms with Gasteiger partial charge >= 0.3 is 12.2 Å². The Bertz CT molecular complexity index is 673. The zero-order valence-corrected chi connectivity index (χ0v) is 13.0. The lowest BCUT2D eigenvalue weighted by molar-refractivity contribution is -0.127. The first-order valence-electron chi connectivity index (χ1n) is 6.15. The van der Waals surface area contributed by atoms with Crippen LogP contribution in [0.2, 0.25) is 0 Å². The van der Waals surface area contributed by atoms with Crippen molar-refractivity contribution in [3.8, 4) is 0 Å². The van der Waals surface area contributed by atoms with Crippen LogP contribution in [0.3, 0.4) is 0 Å². The molecule has 2 heterocycles. The van der Waals surface area contributed by atoms with Gasteiger partial charge in [-0.2, -0.15) is 13.2 Å². The molecule has 12 heteroatoms. The van der Waals surface area contributed by atoms with Gasteiger partial charge in [-0.05, 0) is 13.3 Å². The molecule has 0 bridgehead atoms. The average Bonchev–Trinajstić information content (AvgIpc) is 2.80. The van der Waals surface area contributed by atoms with Crippen LogP contribution in [0.4, 0.5) is 23.1 Å². The van der Waals surface area contributed by atoms with Gasteiger partial charge in [0.1, 0.15) is 5.01 Å². The van der Waals surface area contributed by atoms with Crippen molar-refractivity contribution in [3.05, 3.63) is 5.01 Å². The van der Waals surface area contributed by atoms with Crippen LogP contribution >= 0.6 is 11.3 Å². The molecule has 0 radical (unpaired) electrons. The Hall–Kier alpha value is -1.43. The molecule has 2 amide bonds. The van der Waals surface area contributed by atoms with E-state index in [1.807, 2.05) is 0 Å². The van der Waals surface area contributed by atoms with Gasteiger partial charge in [-0.25, -0.2) is 13.2 Å². The van der Waals surface area contributed by atoms with Crippen molar-refractivity contribution < 1.29 is 26.4 Å². The fourth-order valence-corrected chi connectivity index (χ4v) is 4.92. The third-order valence-corrected chi connectivity index (χ3v) is 5.70. The van der Waals surface area contributed by atoms with E-state index in [1.54, 1.807) is 6.92 Å². The number of urea groups is 1. The smallest absolute Gasteiger partial charge is 0.332 e. The Morgan fingerprint density at radius 1 is 1.41 bits per heavy atom. The van der Waals surface area contributed by atoms with Crippen molar-refractivity contribution in [2.45, 2.75) is 31.5 Å². The van der Waals surface area contributed by atoms with Gasteiger partial charge in [0.05, 0.1) is 23.5 Å². The molecule has 1 unspecified atom stereocenters. The molecule has 2 rings (SSSR count). The summed E-state index contributed by atoms with van der Waals surface area (Å²) < 4.78 is 59.4. The number of aromatic nitrogens is 2. The van der Waals surface area contributed by atoms with Crippen LogP contribution in [0.1, 0.15) is 18.4 Å². The fourth-order valence-electron chi connectivity index (χ4n) is 2.06. The third-order valence-electron chi connectivity index (χ3n) is 2.96. The minimum atomic E-state index is -4.40. The van der Waals surface area contributed by atoms with E-state index in [0.717, 1.165) is 0 Å². The van der Waals surface area contributed by atoms with E-state index < -0.39 is 34.0 Å². The number of alkyl halides is 3. The Morgan fingerprint density at radius 2 is 2.09 bits per heavy atom. The summed E-state index contributed by atoms with van der Waals surface area (Å²) in [4.78, 5) is 11.8. The van der Waals surface area contributed by atoms with Gasteiger partial charge in [-0.15, -0.1) is 10.2 Å². The van der Waals surface area contributed by atoms with Crippen LogP contribution in [-0.4, -0.2) is 47.9 Å². The van der Waals surface area contributed by atoms with Crippen molar-refractivity contribution in [2.75, 3.05) is 16.8 Å². The molecule has 1 aliphatic heterocycles. The molecule has 0 aromatic carbocycles. The van der Waals surface area contributed by atoms with Gasteiger partial charge in [0.25, 0.3) is 0 Å². The first-order valence-corrected chi connectivity index (χ1v) is 8.79. The zero-order valence-electron chi connectivity index (χ0n) is 11.4. The molecule has 7 nitrogen and oxygen atoms in total. The second kappa shape index (κ2) is 5.65. The number of carbonyl (C=O) groups is 1. The molecule has 0 aliphatic carbocycles. The Kier molecular flexibility index (Phi) is 4.35. The second-order valence-electron chi connectivity index (χ2n) is 5.27. The van der Waals surface area contributed by atoms with Gasteiger partial charge in [0.15, 0.2) is 9.84 Å². The van der Waals surface area contributed by atoms with E-state index in [2.05, 4.69) is 20.8 Å². The maximum atomic E-state index is 12.2. The van der Waals surface area contributed by atoms with Crippen molar-refractivity contribution in [2.24, 2.45) is 0 Å². The number of amides is 2. The molecule has 1 aromatic rings. The minimum Gasteiger partial charge on any atom is -0.332 e. The highest BCUT2D eigenvalue weighted by Crippen LogP contribution is 2.26. The summed E-state index contributed by atoms with van der Waals surface area (Å²) in [5, 5.41) is 11.2. The highest BCUT2D eigenvalue weighted by molar-refractivity contribution is 7.91. The lowest BCUT2D eigenvalue weighted by Crippen LogP contribution is -2.48. The van der Waals surface area contributed by atoms with Gasteiger partial charge in [-0.3, -0.25) is 5.32 Å². The van der Waals surface area contributed by atoms with Crippen LogP contribution in [0.25, 0.3) is 0 Å². The largest absolute Gasteiger partial charge is 0.395 e. The standard InChI is InChI=1S/C10H13F3N4O3S2/c1-9(2-3-22(19,20)5-9)15-7(18)14-8-17-16-6(21-8)4-10(11,12)13/h2-5H2,1H3,(H2,14,15,17,18). The SMILES string of the molecule is CC1(NC(=O)Nc2nnc(CC(F)(F)F)s2)CCS(=O)(=O)C1. The maximum Gasteiger partial charge on any atom is 0.395 e. The Labute approximate surface area is 128 Å². The predicted molar refractivity (Wildman–Crippen MR) is 73.5 cm³/mol. The van der Waals surface area contributed by atoms with Gasteiger partial charge in [-0.1, -0.05) is 11.3 Å². The number of hydrogen-bond donors (Lipinski definition) is 2. The number of anilines is 1. The summed E-state index contributed by atoms with van der Waals surface area (Å²) in [6.07, 6.45) is -5.34. The van der Waals surface area contributed by atoms with Crippen molar-refractivity contribution in [1.82, 2.24) is 15.5 Å². The number of hydrogen-bond acceptors (Lipinski definition) is 6. The van der Waals surface area contributed by atoms with E-state index in [-0.39, 0.29) is 28.1 Å². The molecule has 0 spiro atoms. The van der Waals surface area contributed by atoms with Crippen molar-refractivity contribution in [3.63, 3.8) is 0 Å². The number of nitrogens with one attached hydrogen (secondary N) is 2. The summed E-state index contributed by atoms with van der Waals surface area (Å²) in [7, 11) is -3.18. The number of halogens is 3. The predicted octanol–water partition coefficient (Wildman–Crippen LogP) is 1.34. The summed E-state index contributed by atoms with van der Waals surface area (Å²) >= 11 is 0.612. The van der Waals surface area contributed by atoms with E-state index in [1.165, 1.54) is 0 Å². The molecule has 124 valence electrons. The maximum absolute atomic E-state index is 12.2. The normalized spacial score (nSPS) is 24.2. The molecule has 1 aromatic heterocycles.